The van der Waals surface area contributed by atoms with Gasteiger partial charge in [0.2, 0.25) is 0 Å². The van der Waals surface area contributed by atoms with Crippen molar-refractivity contribution in [3.05, 3.63) is 35.9 Å². The van der Waals surface area contributed by atoms with Crippen molar-refractivity contribution < 1.29 is 8.78 Å². The van der Waals surface area contributed by atoms with Crippen molar-refractivity contribution in [1.82, 2.24) is 24.9 Å². The molecule has 1 atom stereocenters. The van der Waals surface area contributed by atoms with Crippen LogP contribution in [-0.4, -0.2) is 26.0 Å². The Hall–Kier alpha value is -1.76. The number of halogens is 2. The lowest BCUT2D eigenvalue weighted by molar-refractivity contribution is 0.121. The van der Waals surface area contributed by atoms with Gasteiger partial charge >= 0.3 is 0 Å². The Labute approximate surface area is 123 Å². The molecule has 0 aliphatic heterocycles. The molecule has 1 unspecified atom stereocenters. The smallest absolute Gasteiger partial charge is 0.257 e. The zero-order valence-corrected chi connectivity index (χ0v) is 12.3. The highest BCUT2D eigenvalue weighted by atomic mass is 19.3. The van der Waals surface area contributed by atoms with Gasteiger partial charge in [0, 0.05) is 31.5 Å². The number of nitrogens with one attached hydrogen (secondary N) is 1. The maximum atomic E-state index is 12.2. The number of aromatic nitrogens is 4. The number of hydrogen-bond donors (Lipinski definition) is 1. The van der Waals surface area contributed by atoms with Crippen LogP contribution in [0, 0.1) is 0 Å². The highest BCUT2D eigenvalue weighted by Crippen LogP contribution is 2.12. The van der Waals surface area contributed by atoms with E-state index in [1.54, 1.807) is 18.5 Å². The van der Waals surface area contributed by atoms with E-state index in [2.05, 4.69) is 29.4 Å². The van der Waals surface area contributed by atoms with Gasteiger partial charge in [0.15, 0.2) is 0 Å². The molecule has 0 amide bonds. The van der Waals surface area contributed by atoms with E-state index >= 15 is 0 Å². The molecule has 0 spiro atoms. The highest BCUT2D eigenvalue weighted by molar-refractivity contribution is 5.03. The van der Waals surface area contributed by atoms with Gasteiger partial charge < -0.3 is 5.32 Å². The average molecular weight is 297 g/mol. The van der Waals surface area contributed by atoms with Crippen molar-refractivity contribution in [2.24, 2.45) is 0 Å². The van der Waals surface area contributed by atoms with Crippen LogP contribution in [0.15, 0.2) is 24.5 Å². The Bertz CT molecular complexity index is 549. The first-order chi connectivity index (χ1) is 10.1. The van der Waals surface area contributed by atoms with Gasteiger partial charge in [-0.3, -0.25) is 9.36 Å². The lowest BCUT2D eigenvalue weighted by Crippen LogP contribution is -2.18. The molecule has 0 saturated carbocycles. The maximum absolute atomic E-state index is 12.2. The fraction of sp³-hybridized carbons (Fsp3) is 0.571. The van der Waals surface area contributed by atoms with Crippen LogP contribution in [0.1, 0.15) is 37.7 Å². The van der Waals surface area contributed by atoms with Crippen molar-refractivity contribution in [1.29, 1.82) is 0 Å². The van der Waals surface area contributed by atoms with E-state index in [0.29, 0.717) is 19.1 Å². The fourth-order valence-electron chi connectivity index (χ4n) is 2.11. The van der Waals surface area contributed by atoms with E-state index in [1.807, 2.05) is 10.7 Å². The molecule has 2 aromatic heterocycles. The van der Waals surface area contributed by atoms with E-state index in [9.17, 15) is 8.78 Å². The Morgan fingerprint density at radius 1 is 1.29 bits per heavy atom. The normalized spacial score (nSPS) is 13.0. The summed E-state index contributed by atoms with van der Waals surface area (Å²) in [7, 11) is 0. The van der Waals surface area contributed by atoms with E-state index < -0.39 is 6.43 Å². The summed E-state index contributed by atoms with van der Waals surface area (Å²) in [6, 6.07) is 4.10. The summed E-state index contributed by atoms with van der Waals surface area (Å²) in [5.41, 5.74) is 1.86. The van der Waals surface area contributed by atoms with Crippen LogP contribution in [0.25, 0.3) is 0 Å². The fourth-order valence-corrected chi connectivity index (χ4v) is 2.11. The van der Waals surface area contributed by atoms with Crippen molar-refractivity contribution in [2.75, 3.05) is 0 Å². The number of alkyl halides is 2. The zero-order valence-electron chi connectivity index (χ0n) is 12.3. The quantitative estimate of drug-likeness (QED) is 0.815. The molecule has 116 valence electrons. The minimum Gasteiger partial charge on any atom is -0.305 e. The van der Waals surface area contributed by atoms with E-state index in [-0.39, 0.29) is 6.54 Å². The van der Waals surface area contributed by atoms with Crippen molar-refractivity contribution in [2.45, 2.75) is 52.4 Å². The van der Waals surface area contributed by atoms with Gasteiger partial charge in [0.05, 0.1) is 11.4 Å². The number of nitrogens with zero attached hydrogens (tertiary/aromatic N) is 4. The second-order valence-corrected chi connectivity index (χ2v) is 5.05. The molecule has 7 heteroatoms. The summed E-state index contributed by atoms with van der Waals surface area (Å²) in [5, 5.41) is 11.7. The third kappa shape index (κ3) is 4.35. The van der Waals surface area contributed by atoms with E-state index in [4.69, 9.17) is 0 Å². The largest absolute Gasteiger partial charge is 0.305 e. The second kappa shape index (κ2) is 7.31. The molecular weight excluding hydrogens is 276 g/mol. The summed E-state index contributed by atoms with van der Waals surface area (Å²) >= 11 is 0. The van der Waals surface area contributed by atoms with Gasteiger partial charge in [-0.15, -0.1) is 0 Å². The Balaban J connectivity index is 1.84. The van der Waals surface area contributed by atoms with Crippen molar-refractivity contribution in [3.63, 3.8) is 0 Å². The molecule has 0 aliphatic rings. The third-order valence-corrected chi connectivity index (χ3v) is 3.39. The molecule has 0 radical (unpaired) electrons. The standard InChI is InChI=1S/C14H21F2N5/c1-3-11(2)21-13(4-6-18-21)9-17-8-12-5-7-20(19-12)10-14(15)16/h4-7,11,14,17H,3,8-10H2,1-2H3. The predicted octanol–water partition coefficient (Wildman–Crippen LogP) is 2.61. The van der Waals surface area contributed by atoms with Crippen LogP contribution in [0.5, 0.6) is 0 Å². The summed E-state index contributed by atoms with van der Waals surface area (Å²) in [4.78, 5) is 0. The summed E-state index contributed by atoms with van der Waals surface area (Å²) in [5.74, 6) is 0. The third-order valence-electron chi connectivity index (χ3n) is 3.39. The molecule has 0 saturated heterocycles. The van der Waals surface area contributed by atoms with Crippen LogP contribution in [0.3, 0.4) is 0 Å². The van der Waals surface area contributed by atoms with Crippen LogP contribution in [0.4, 0.5) is 8.78 Å². The Morgan fingerprint density at radius 2 is 2.10 bits per heavy atom. The lowest BCUT2D eigenvalue weighted by atomic mass is 10.2. The zero-order chi connectivity index (χ0) is 15.2. The molecule has 2 rings (SSSR count). The van der Waals surface area contributed by atoms with Gasteiger partial charge in [-0.05, 0) is 25.5 Å². The van der Waals surface area contributed by atoms with Crippen molar-refractivity contribution in [3.8, 4) is 0 Å². The topological polar surface area (TPSA) is 47.7 Å². The molecule has 0 aliphatic carbocycles. The van der Waals surface area contributed by atoms with Gasteiger partial charge in [-0.2, -0.15) is 10.2 Å². The van der Waals surface area contributed by atoms with Gasteiger partial charge in [-0.1, -0.05) is 6.92 Å². The van der Waals surface area contributed by atoms with Gasteiger partial charge in [0.25, 0.3) is 6.43 Å². The predicted molar refractivity (Wildman–Crippen MR) is 76.0 cm³/mol. The molecule has 1 N–H and O–H groups in total. The summed E-state index contributed by atoms with van der Waals surface area (Å²) in [6.45, 7) is 5.11. The second-order valence-electron chi connectivity index (χ2n) is 5.05. The molecule has 5 nitrogen and oxygen atoms in total. The van der Waals surface area contributed by atoms with Gasteiger partial charge in [0.1, 0.15) is 6.54 Å². The van der Waals surface area contributed by atoms with Crippen molar-refractivity contribution >= 4 is 0 Å². The first-order valence-electron chi connectivity index (χ1n) is 7.13. The molecular formula is C14H21F2N5. The molecule has 0 fully saturated rings. The van der Waals surface area contributed by atoms with E-state index in [0.717, 1.165) is 17.8 Å². The lowest BCUT2D eigenvalue weighted by Gasteiger charge is -2.13. The molecule has 21 heavy (non-hydrogen) atoms. The Kier molecular flexibility index (Phi) is 5.44. The minimum absolute atomic E-state index is 0.360. The molecule has 2 aromatic rings. The highest BCUT2D eigenvalue weighted by Gasteiger charge is 2.09. The number of rotatable bonds is 8. The summed E-state index contributed by atoms with van der Waals surface area (Å²) in [6.07, 6.45) is 2.01. The van der Waals surface area contributed by atoms with Crippen LogP contribution in [0.2, 0.25) is 0 Å². The molecule has 0 bridgehead atoms. The first kappa shape index (κ1) is 15.6. The monoisotopic (exact) mass is 297 g/mol. The van der Waals surface area contributed by atoms with E-state index in [1.165, 1.54) is 4.68 Å². The number of hydrogen-bond acceptors (Lipinski definition) is 3. The molecule has 0 aromatic carbocycles. The Morgan fingerprint density at radius 3 is 2.81 bits per heavy atom. The summed E-state index contributed by atoms with van der Waals surface area (Å²) < 4.78 is 27.7. The van der Waals surface area contributed by atoms with Gasteiger partial charge in [-0.25, -0.2) is 8.78 Å². The minimum atomic E-state index is -2.38. The molecule has 2 heterocycles. The van der Waals surface area contributed by atoms with Crippen LogP contribution < -0.4 is 5.32 Å². The average Bonchev–Trinajstić information content (AvgIpc) is 3.07. The SMILES string of the molecule is CCC(C)n1nccc1CNCc1ccn(CC(F)F)n1. The van der Waals surface area contributed by atoms with Crippen LogP contribution >= 0.6 is 0 Å². The first-order valence-corrected chi connectivity index (χ1v) is 7.13. The van der Waals surface area contributed by atoms with Crippen LogP contribution in [-0.2, 0) is 19.6 Å². The maximum Gasteiger partial charge on any atom is 0.257 e.